The molecule has 0 spiro atoms. The largest absolute Gasteiger partial charge is 0.465 e. The van der Waals surface area contributed by atoms with Gasteiger partial charge in [-0.25, -0.2) is 10.2 Å². The first-order chi connectivity index (χ1) is 19.7. The number of nitrogens with one attached hydrogen (secondary N) is 1. The number of nitrogens with two attached hydrogens (primary N) is 1. The van der Waals surface area contributed by atoms with Gasteiger partial charge in [-0.1, -0.05) is 12.1 Å². The van der Waals surface area contributed by atoms with Crippen molar-refractivity contribution in [2.75, 3.05) is 26.1 Å². The zero-order valence-electron chi connectivity index (χ0n) is 23.5. The van der Waals surface area contributed by atoms with E-state index in [-0.39, 0.29) is 12.1 Å². The van der Waals surface area contributed by atoms with Crippen molar-refractivity contribution >= 4 is 36.0 Å². The maximum absolute atomic E-state index is 11.9. The predicted octanol–water partition coefficient (Wildman–Crippen LogP) is 3.54. The number of hydrogen-bond donors (Lipinski definition) is 3. The molecule has 0 atom stereocenters. The van der Waals surface area contributed by atoms with E-state index in [2.05, 4.69) is 25.2 Å². The maximum Gasteiger partial charge on any atom is 0.337 e. The zero-order chi connectivity index (χ0) is 30.0. The summed E-state index contributed by atoms with van der Waals surface area (Å²) >= 11 is 0. The van der Waals surface area contributed by atoms with E-state index in [1.165, 1.54) is 37.6 Å². The van der Waals surface area contributed by atoms with Crippen LogP contribution < -0.4 is 22.2 Å². The molecule has 0 saturated heterocycles. The Kier molecular flexibility index (Phi) is 15.1. The molecule has 2 amide bonds. The zero-order valence-corrected chi connectivity index (χ0v) is 23.5. The van der Waals surface area contributed by atoms with Gasteiger partial charge in [0, 0.05) is 43.3 Å². The number of hydrazone groups is 1. The van der Waals surface area contributed by atoms with Crippen LogP contribution >= 0.6 is 0 Å². The first kappa shape index (κ1) is 34.3. The Bertz CT molecular complexity index is 1430. The van der Waals surface area contributed by atoms with Crippen LogP contribution in [0.2, 0.25) is 0 Å². The summed E-state index contributed by atoms with van der Waals surface area (Å²) in [4.78, 5) is 53.2. The minimum Gasteiger partial charge on any atom is -0.465 e. The summed E-state index contributed by atoms with van der Waals surface area (Å²) in [6, 6.07) is 23.9. The lowest BCUT2D eigenvalue weighted by atomic mass is 10.1. The number of hydrogen-bond acceptors (Lipinski definition) is 10. The Morgan fingerprint density at radius 3 is 1.76 bits per heavy atom. The fourth-order valence-electron chi connectivity index (χ4n) is 2.92. The van der Waals surface area contributed by atoms with Crippen molar-refractivity contribution in [3.8, 4) is 0 Å². The molecule has 218 valence electrons. The van der Waals surface area contributed by atoms with Gasteiger partial charge in [0.25, 0.3) is 5.91 Å². The highest BCUT2D eigenvalue weighted by Crippen LogP contribution is 2.12. The molecule has 12 heteroatoms. The number of ether oxygens (including phenoxy) is 1. The van der Waals surface area contributed by atoms with Crippen LogP contribution in [0.3, 0.4) is 0 Å². The van der Waals surface area contributed by atoms with Gasteiger partial charge in [-0.3, -0.25) is 24.4 Å². The van der Waals surface area contributed by atoms with Crippen LogP contribution in [-0.4, -0.2) is 61.5 Å². The Morgan fingerprint density at radius 1 is 0.810 bits per heavy atom. The molecular weight excluding hydrogens is 538 g/mol. The van der Waals surface area contributed by atoms with Crippen LogP contribution in [0, 0.1) is 0 Å². The highest BCUT2D eigenvalue weighted by molar-refractivity contribution is 5.95. The number of anilines is 1. The fourth-order valence-corrected chi connectivity index (χ4v) is 2.92. The molecule has 0 radical (unpaired) electrons. The molecule has 0 aliphatic carbocycles. The molecule has 4 aromatic rings. The van der Waals surface area contributed by atoms with Gasteiger partial charge in [0.1, 0.15) is 5.69 Å². The lowest BCUT2D eigenvalue weighted by Crippen LogP contribution is -2.18. The first-order valence-corrected chi connectivity index (χ1v) is 12.1. The van der Waals surface area contributed by atoms with Gasteiger partial charge >= 0.3 is 5.97 Å². The Hall–Kier alpha value is -5.75. The standard InChI is InChI=1S/C15H16N4O.C9H9NO3.C6H5NO.H3N/c1-19(2)14-8-6-12(7-9-14)15(20)18-17-11-13-5-3-4-10-16-13;1-13-9(12)7-4-2-6(3-5-7)8(10)11;8-5-6-3-1-2-4-7-6;/h3-11H,1-2H3,(H,18,20);2-5H,1H3,(H2,10,11);1-5H;1H3/b17-11+;;;. The number of pyridine rings is 2. The molecule has 4 rings (SSSR count). The van der Waals surface area contributed by atoms with E-state index in [4.69, 9.17) is 5.73 Å². The molecule has 42 heavy (non-hydrogen) atoms. The van der Waals surface area contributed by atoms with Gasteiger partial charge in [-0.2, -0.15) is 5.10 Å². The van der Waals surface area contributed by atoms with Crippen molar-refractivity contribution in [1.82, 2.24) is 21.5 Å². The van der Waals surface area contributed by atoms with Crippen LogP contribution in [0.25, 0.3) is 0 Å². The molecule has 0 aliphatic rings. The van der Waals surface area contributed by atoms with Crippen LogP contribution in [0.1, 0.15) is 47.3 Å². The number of rotatable bonds is 7. The lowest BCUT2D eigenvalue weighted by molar-refractivity contribution is 0.0600. The molecule has 2 aromatic carbocycles. The van der Waals surface area contributed by atoms with Crippen molar-refractivity contribution in [3.63, 3.8) is 0 Å². The van der Waals surface area contributed by atoms with Crippen LogP contribution in [0.4, 0.5) is 5.69 Å². The SMILES string of the molecule is CN(C)c1ccc(C(=O)N/N=C/c2ccccn2)cc1.COC(=O)c1ccc(C(N)=O)cc1.N.O=Cc1ccccn1. The number of nitrogens with zero attached hydrogens (tertiary/aromatic N) is 4. The van der Waals surface area contributed by atoms with Gasteiger partial charge in [-0.15, -0.1) is 0 Å². The minimum atomic E-state index is -0.517. The molecule has 0 unspecified atom stereocenters. The molecule has 0 saturated carbocycles. The van der Waals surface area contributed by atoms with E-state index >= 15 is 0 Å². The normalized spacial score (nSPS) is 9.50. The van der Waals surface area contributed by atoms with Gasteiger partial charge in [0.2, 0.25) is 5.91 Å². The highest BCUT2D eigenvalue weighted by atomic mass is 16.5. The summed E-state index contributed by atoms with van der Waals surface area (Å²) < 4.78 is 4.48. The topological polar surface area (TPSA) is 192 Å². The second kappa shape index (κ2) is 18.5. The number of aromatic nitrogens is 2. The van der Waals surface area contributed by atoms with E-state index in [1.807, 2.05) is 49.3 Å². The lowest BCUT2D eigenvalue weighted by Gasteiger charge is -2.12. The number of benzene rings is 2. The van der Waals surface area contributed by atoms with Crippen molar-refractivity contribution < 1.29 is 23.9 Å². The monoisotopic (exact) mass is 571 g/mol. The number of carbonyl (C=O) groups excluding carboxylic acids is 4. The summed E-state index contributed by atoms with van der Waals surface area (Å²) in [6.45, 7) is 0. The van der Waals surface area contributed by atoms with Crippen LogP contribution in [-0.2, 0) is 4.74 Å². The molecule has 0 bridgehead atoms. The molecule has 0 fully saturated rings. The third-order valence-electron chi connectivity index (χ3n) is 5.10. The van der Waals surface area contributed by atoms with E-state index < -0.39 is 11.9 Å². The third kappa shape index (κ3) is 12.0. The third-order valence-corrected chi connectivity index (χ3v) is 5.10. The van der Waals surface area contributed by atoms with E-state index in [0.29, 0.717) is 28.1 Å². The quantitative estimate of drug-likeness (QED) is 0.129. The summed E-state index contributed by atoms with van der Waals surface area (Å²) in [5.74, 6) is -1.20. The van der Waals surface area contributed by atoms with Crippen molar-refractivity contribution in [2.24, 2.45) is 10.8 Å². The molecule has 6 N–H and O–H groups in total. The van der Waals surface area contributed by atoms with Gasteiger partial charge in [0.05, 0.1) is 24.6 Å². The first-order valence-electron chi connectivity index (χ1n) is 12.1. The van der Waals surface area contributed by atoms with Crippen LogP contribution in [0.15, 0.2) is 102 Å². The van der Waals surface area contributed by atoms with Crippen molar-refractivity contribution in [1.29, 1.82) is 0 Å². The maximum atomic E-state index is 11.9. The number of primary amides is 1. The number of aldehydes is 1. The number of amides is 2. The van der Waals surface area contributed by atoms with Gasteiger partial charge < -0.3 is 21.5 Å². The van der Waals surface area contributed by atoms with Crippen LogP contribution in [0.5, 0.6) is 0 Å². The smallest absolute Gasteiger partial charge is 0.337 e. The number of esters is 1. The summed E-state index contributed by atoms with van der Waals surface area (Å²) in [6.07, 6.45) is 5.49. The van der Waals surface area contributed by atoms with Gasteiger partial charge in [-0.05, 0) is 72.8 Å². The van der Waals surface area contributed by atoms with Crippen molar-refractivity contribution in [2.45, 2.75) is 0 Å². The summed E-state index contributed by atoms with van der Waals surface area (Å²) in [7, 11) is 5.20. The second-order valence-corrected chi connectivity index (χ2v) is 8.20. The second-order valence-electron chi connectivity index (χ2n) is 8.20. The fraction of sp³-hybridized carbons (Fsp3) is 0.100. The Morgan fingerprint density at radius 2 is 1.33 bits per heavy atom. The minimum absolute atomic E-state index is 0. The van der Waals surface area contributed by atoms with E-state index in [9.17, 15) is 19.2 Å². The Labute approximate surface area is 243 Å². The summed E-state index contributed by atoms with van der Waals surface area (Å²) in [5.41, 5.74) is 11.0. The Balaban J connectivity index is 0.000000344. The molecule has 2 aromatic heterocycles. The average Bonchev–Trinajstić information content (AvgIpc) is 3.02. The predicted molar refractivity (Wildman–Crippen MR) is 161 cm³/mol. The number of methoxy groups -OCH3 is 1. The molecule has 0 aliphatic heterocycles. The van der Waals surface area contributed by atoms with Gasteiger partial charge in [0.15, 0.2) is 6.29 Å². The molecule has 2 heterocycles. The molecule has 12 nitrogen and oxygen atoms in total. The highest BCUT2D eigenvalue weighted by Gasteiger charge is 2.06. The van der Waals surface area contributed by atoms with E-state index in [0.717, 1.165) is 12.0 Å². The molecular formula is C30H33N7O5. The average molecular weight is 572 g/mol. The summed E-state index contributed by atoms with van der Waals surface area (Å²) in [5, 5.41) is 3.88. The van der Waals surface area contributed by atoms with Crippen molar-refractivity contribution in [3.05, 3.63) is 125 Å². The van der Waals surface area contributed by atoms with E-state index in [1.54, 1.807) is 42.7 Å². The number of carbonyl (C=O) groups is 4.